The van der Waals surface area contributed by atoms with E-state index in [4.69, 9.17) is 0 Å². The lowest BCUT2D eigenvalue weighted by molar-refractivity contribution is -0.125. The average molecular weight is 429 g/mol. The van der Waals surface area contributed by atoms with Crippen LogP contribution >= 0.6 is 0 Å². The van der Waals surface area contributed by atoms with Crippen molar-refractivity contribution in [3.63, 3.8) is 0 Å². The summed E-state index contributed by atoms with van der Waals surface area (Å²) in [6.07, 6.45) is 2.33. The number of carbonyl (C=O) groups excluding carboxylic acids is 1. The number of aryl methyl sites for hydroxylation is 2. The van der Waals surface area contributed by atoms with Gasteiger partial charge in [0.1, 0.15) is 6.04 Å². The van der Waals surface area contributed by atoms with E-state index in [-0.39, 0.29) is 17.5 Å². The zero-order valence-electron chi connectivity index (χ0n) is 18.9. The summed E-state index contributed by atoms with van der Waals surface area (Å²) in [5.41, 5.74) is 3.24. The second-order valence-corrected chi connectivity index (χ2v) is 8.09. The molecule has 2 aromatic carbocycles. The van der Waals surface area contributed by atoms with Gasteiger partial charge in [-0.25, -0.2) is 0 Å². The van der Waals surface area contributed by atoms with Gasteiger partial charge in [-0.1, -0.05) is 55.5 Å². The van der Waals surface area contributed by atoms with Gasteiger partial charge in [-0.2, -0.15) is 9.78 Å². The van der Waals surface area contributed by atoms with Crippen LogP contribution in [-0.4, -0.2) is 20.3 Å². The number of amides is 1. The lowest BCUT2D eigenvalue weighted by Gasteiger charge is -2.23. The van der Waals surface area contributed by atoms with Crippen LogP contribution in [0, 0.1) is 13.8 Å². The highest BCUT2D eigenvalue weighted by Gasteiger charge is 2.26. The standard InChI is InChI=1S/C26H28N4O2/c1-5-23(25(31)28-17(2)20-12-8-6-9-13-20)29-18(3)22-16-27-30(21-14-10-7-11-15-21)26(32)24(22)19(29)4/h6-17,23H,5H2,1-4H3,(H,28,31)/t17-,23-/m0/s1. The Balaban J connectivity index is 1.75. The summed E-state index contributed by atoms with van der Waals surface area (Å²) in [5, 5.41) is 8.92. The van der Waals surface area contributed by atoms with Gasteiger partial charge in [-0.15, -0.1) is 0 Å². The van der Waals surface area contributed by atoms with Gasteiger partial charge < -0.3 is 9.88 Å². The third-order valence-electron chi connectivity index (χ3n) is 6.11. The Bertz CT molecular complexity index is 1310. The fraction of sp³-hybridized carbons (Fsp3) is 0.269. The second-order valence-electron chi connectivity index (χ2n) is 8.09. The molecule has 1 amide bonds. The van der Waals surface area contributed by atoms with Crippen LogP contribution in [0.1, 0.15) is 49.3 Å². The van der Waals surface area contributed by atoms with Crippen molar-refractivity contribution in [1.82, 2.24) is 19.7 Å². The van der Waals surface area contributed by atoms with E-state index in [9.17, 15) is 9.59 Å². The summed E-state index contributed by atoms with van der Waals surface area (Å²) in [6, 6.07) is 18.7. The summed E-state index contributed by atoms with van der Waals surface area (Å²) >= 11 is 0. The Kier molecular flexibility index (Phi) is 5.95. The van der Waals surface area contributed by atoms with Crippen LogP contribution in [0.15, 0.2) is 71.7 Å². The maximum absolute atomic E-state index is 13.3. The van der Waals surface area contributed by atoms with Crippen LogP contribution in [0.2, 0.25) is 0 Å². The van der Waals surface area contributed by atoms with Crippen LogP contribution in [0.3, 0.4) is 0 Å². The molecule has 0 bridgehead atoms. The van der Waals surface area contributed by atoms with Gasteiger partial charge in [0.2, 0.25) is 5.91 Å². The van der Waals surface area contributed by atoms with Crippen LogP contribution in [0.25, 0.3) is 16.5 Å². The number of rotatable bonds is 6. The highest BCUT2D eigenvalue weighted by atomic mass is 16.2. The minimum absolute atomic E-state index is 0.0632. The van der Waals surface area contributed by atoms with Gasteiger partial charge in [0, 0.05) is 16.8 Å². The molecule has 4 rings (SSSR count). The van der Waals surface area contributed by atoms with E-state index in [1.807, 2.05) is 92.9 Å². The molecule has 0 saturated heterocycles. The molecule has 0 aliphatic carbocycles. The number of hydrogen-bond donors (Lipinski definition) is 1. The summed E-state index contributed by atoms with van der Waals surface area (Å²) < 4.78 is 3.40. The Morgan fingerprint density at radius 3 is 2.25 bits per heavy atom. The van der Waals surface area contributed by atoms with Gasteiger partial charge in [-0.3, -0.25) is 9.59 Å². The zero-order valence-corrected chi connectivity index (χ0v) is 18.9. The Labute approximate surface area is 187 Å². The summed E-state index contributed by atoms with van der Waals surface area (Å²) in [6.45, 7) is 7.82. The number of fused-ring (bicyclic) bond motifs is 1. The Morgan fingerprint density at radius 1 is 1.00 bits per heavy atom. The molecule has 2 heterocycles. The van der Waals surface area contributed by atoms with Crippen LogP contribution < -0.4 is 10.9 Å². The maximum Gasteiger partial charge on any atom is 0.281 e. The van der Waals surface area contributed by atoms with E-state index in [1.165, 1.54) is 4.68 Å². The van der Waals surface area contributed by atoms with Crippen molar-refractivity contribution in [2.75, 3.05) is 0 Å². The van der Waals surface area contributed by atoms with Crippen molar-refractivity contribution in [2.45, 2.75) is 46.2 Å². The second kappa shape index (κ2) is 8.83. The lowest BCUT2D eigenvalue weighted by atomic mass is 10.1. The molecule has 0 aliphatic rings. The Hall–Kier alpha value is -3.67. The molecule has 0 spiro atoms. The first-order chi connectivity index (χ1) is 15.4. The van der Waals surface area contributed by atoms with E-state index in [2.05, 4.69) is 10.4 Å². The quantitative estimate of drug-likeness (QED) is 0.487. The first-order valence-electron chi connectivity index (χ1n) is 10.9. The molecular formula is C26H28N4O2. The molecule has 6 heteroatoms. The van der Waals surface area contributed by atoms with Crippen LogP contribution in [0.5, 0.6) is 0 Å². The largest absolute Gasteiger partial charge is 0.348 e. The molecule has 2 aromatic heterocycles. The minimum atomic E-state index is -0.418. The van der Waals surface area contributed by atoms with E-state index >= 15 is 0 Å². The number of hydrogen-bond acceptors (Lipinski definition) is 3. The maximum atomic E-state index is 13.3. The lowest BCUT2D eigenvalue weighted by Crippen LogP contribution is -2.35. The summed E-state index contributed by atoms with van der Waals surface area (Å²) in [4.78, 5) is 26.6. The number of benzene rings is 2. The predicted molar refractivity (Wildman–Crippen MR) is 127 cm³/mol. The number of nitrogens with one attached hydrogen (secondary N) is 1. The van der Waals surface area contributed by atoms with Gasteiger partial charge >= 0.3 is 0 Å². The normalized spacial score (nSPS) is 13.1. The average Bonchev–Trinajstić information content (AvgIpc) is 3.06. The summed E-state index contributed by atoms with van der Waals surface area (Å²) in [5.74, 6) is -0.0632. The number of aromatic nitrogens is 3. The molecule has 1 N–H and O–H groups in total. The number of nitrogens with zero attached hydrogens (tertiary/aromatic N) is 3. The highest BCUT2D eigenvalue weighted by Crippen LogP contribution is 2.28. The first-order valence-corrected chi connectivity index (χ1v) is 10.9. The third-order valence-corrected chi connectivity index (χ3v) is 6.11. The van der Waals surface area contributed by atoms with E-state index in [0.29, 0.717) is 17.5 Å². The molecular weight excluding hydrogens is 400 g/mol. The van der Waals surface area contributed by atoms with Crippen molar-refractivity contribution in [2.24, 2.45) is 0 Å². The van der Waals surface area contributed by atoms with Crippen LogP contribution in [0.4, 0.5) is 0 Å². The van der Waals surface area contributed by atoms with Crippen molar-refractivity contribution in [3.8, 4) is 5.69 Å². The van der Waals surface area contributed by atoms with Gasteiger partial charge in [-0.05, 0) is 44.9 Å². The molecule has 0 unspecified atom stereocenters. The van der Waals surface area contributed by atoms with Crippen molar-refractivity contribution in [1.29, 1.82) is 0 Å². The number of carbonyl (C=O) groups is 1. The molecule has 0 aliphatic heterocycles. The monoisotopic (exact) mass is 428 g/mol. The zero-order chi connectivity index (χ0) is 22.8. The van der Waals surface area contributed by atoms with Gasteiger partial charge in [0.15, 0.2) is 0 Å². The molecule has 0 radical (unpaired) electrons. The van der Waals surface area contributed by atoms with Crippen molar-refractivity contribution < 1.29 is 4.79 Å². The molecule has 0 saturated carbocycles. The predicted octanol–water partition coefficient (Wildman–Crippen LogP) is 4.63. The molecule has 4 aromatic rings. The van der Waals surface area contributed by atoms with E-state index in [0.717, 1.165) is 22.3 Å². The van der Waals surface area contributed by atoms with E-state index in [1.54, 1.807) is 6.20 Å². The van der Waals surface area contributed by atoms with Crippen molar-refractivity contribution >= 4 is 16.7 Å². The molecule has 164 valence electrons. The smallest absolute Gasteiger partial charge is 0.281 e. The topological polar surface area (TPSA) is 68.9 Å². The molecule has 6 nitrogen and oxygen atoms in total. The van der Waals surface area contributed by atoms with Gasteiger partial charge in [0.05, 0.1) is 23.3 Å². The van der Waals surface area contributed by atoms with Crippen LogP contribution in [-0.2, 0) is 4.79 Å². The summed E-state index contributed by atoms with van der Waals surface area (Å²) in [7, 11) is 0. The fourth-order valence-corrected chi connectivity index (χ4v) is 4.42. The fourth-order valence-electron chi connectivity index (χ4n) is 4.42. The first kappa shape index (κ1) is 21.6. The van der Waals surface area contributed by atoms with Crippen molar-refractivity contribution in [3.05, 3.63) is 94.2 Å². The van der Waals surface area contributed by atoms with Gasteiger partial charge in [0.25, 0.3) is 5.56 Å². The minimum Gasteiger partial charge on any atom is -0.348 e. The SMILES string of the molecule is CC[C@@H](C(=O)N[C@@H](C)c1ccccc1)n1c(C)c2cnn(-c3ccccc3)c(=O)c2c1C. The Morgan fingerprint density at radius 2 is 1.62 bits per heavy atom. The third kappa shape index (κ3) is 3.73. The van der Waals surface area contributed by atoms with E-state index < -0.39 is 6.04 Å². The highest BCUT2D eigenvalue weighted by molar-refractivity contribution is 5.89. The molecule has 32 heavy (non-hydrogen) atoms. The molecule has 0 fully saturated rings. The molecule has 2 atom stereocenters. The number of para-hydroxylation sites is 1.